The Balaban J connectivity index is 0.666. The Morgan fingerprint density at radius 1 is 0.241 bits per heavy atom. The Labute approximate surface area is 630 Å². The van der Waals surface area contributed by atoms with E-state index in [9.17, 15) is 0 Å². The maximum atomic E-state index is 2.57. The van der Waals surface area contributed by atoms with E-state index in [2.05, 4.69) is 390 Å². The summed E-state index contributed by atoms with van der Waals surface area (Å²) in [5.41, 5.74) is 33.4. The smallest absolute Gasteiger partial charge is 0.0731 e. The van der Waals surface area contributed by atoms with Crippen molar-refractivity contribution < 1.29 is 0 Å². The second-order valence-corrected chi connectivity index (χ2v) is 31.4. The van der Waals surface area contributed by atoms with Gasteiger partial charge in [0.25, 0.3) is 0 Å². The molecule has 0 fully saturated rings. The van der Waals surface area contributed by atoms with Gasteiger partial charge in [0.15, 0.2) is 0 Å². The summed E-state index contributed by atoms with van der Waals surface area (Å²) in [5, 5.41) is 15.2. The van der Waals surface area contributed by atoms with Crippen LogP contribution in [0.1, 0.15) is 112 Å². The van der Waals surface area contributed by atoms with Crippen molar-refractivity contribution in [2.75, 3.05) is 9.80 Å². The van der Waals surface area contributed by atoms with Crippen molar-refractivity contribution in [3.63, 3.8) is 0 Å². The quantitative estimate of drug-likeness (QED) is 0.126. The molecule has 0 bridgehead atoms. The Kier molecular flexibility index (Phi) is 13.6. The van der Waals surface area contributed by atoms with E-state index in [1.165, 1.54) is 181 Å². The largest absolute Gasteiger partial charge is 0.310 e. The Hall–Kier alpha value is -12.9. The average molecular weight is 1380 g/mol. The molecular formula is C106H76N2. The third-order valence-electron chi connectivity index (χ3n) is 25.0. The van der Waals surface area contributed by atoms with Crippen molar-refractivity contribution in [3.8, 4) is 44.5 Å². The summed E-state index contributed by atoms with van der Waals surface area (Å²) >= 11 is 0. The van der Waals surface area contributed by atoms with Gasteiger partial charge in [-0.25, -0.2) is 0 Å². The van der Waals surface area contributed by atoms with E-state index in [0.29, 0.717) is 11.8 Å². The molecule has 4 aliphatic carbocycles. The highest BCUT2D eigenvalue weighted by Crippen LogP contribution is 2.68. The first-order valence-electron chi connectivity index (χ1n) is 38.5. The molecular weight excluding hydrogens is 1300 g/mol. The molecule has 0 saturated heterocycles. The van der Waals surface area contributed by atoms with Gasteiger partial charge in [-0.2, -0.15) is 0 Å². The van der Waals surface area contributed by atoms with E-state index in [4.69, 9.17) is 0 Å². The lowest BCUT2D eigenvalue weighted by Gasteiger charge is -2.32. The van der Waals surface area contributed by atoms with Gasteiger partial charge in [0, 0.05) is 34.1 Å². The summed E-state index contributed by atoms with van der Waals surface area (Å²) < 4.78 is 0. The molecule has 0 aliphatic heterocycles. The lowest BCUT2D eigenvalue weighted by molar-refractivity contribution is 0.803. The summed E-state index contributed by atoms with van der Waals surface area (Å²) in [7, 11) is 0. The molecule has 22 rings (SSSR count). The predicted octanol–water partition coefficient (Wildman–Crippen LogP) is 28.4. The summed E-state index contributed by atoms with van der Waals surface area (Å²) in [4.78, 5) is 4.89. The highest BCUT2D eigenvalue weighted by molar-refractivity contribution is 6.23. The van der Waals surface area contributed by atoms with Crippen LogP contribution in [0.3, 0.4) is 0 Å². The van der Waals surface area contributed by atoms with Crippen LogP contribution in [0.2, 0.25) is 0 Å². The van der Waals surface area contributed by atoms with Crippen LogP contribution in [0, 0.1) is 6.92 Å². The number of hydrogen-bond donors (Lipinski definition) is 0. The molecule has 18 aromatic carbocycles. The third kappa shape index (κ3) is 8.83. The molecule has 2 spiro atoms. The summed E-state index contributed by atoms with van der Waals surface area (Å²) in [6.07, 6.45) is 0.778. The first-order valence-corrected chi connectivity index (χ1v) is 38.5. The molecule has 18 aromatic rings. The van der Waals surface area contributed by atoms with Crippen LogP contribution in [0.4, 0.5) is 34.1 Å². The van der Waals surface area contributed by atoms with Gasteiger partial charge in [-0.15, -0.1) is 0 Å². The molecule has 108 heavy (non-hydrogen) atoms. The SMILES string of the molecule is Cc1ccc(N(c2ccc(Cc3ccc4c5c(c6ccccc6c4c3)-c3cc4ccc(N(c6ccc(C(C)C)cc6)c6ccc(C(C)C)cc6)cc4cc3C53c4ccccc4-c4ccccc43)cc2)c2ccc3cc4c(cc3c2)C2(c3ccccc3-c3ccccc32)c2c-4c3ccccc3c3ccccc23)cc1. The van der Waals surface area contributed by atoms with Crippen molar-refractivity contribution in [2.24, 2.45) is 0 Å². The normalized spacial score (nSPS) is 13.6. The molecule has 0 saturated carbocycles. The fraction of sp³-hybridized carbons (Fsp3) is 0.0943. The van der Waals surface area contributed by atoms with Crippen molar-refractivity contribution in [3.05, 3.63) is 418 Å². The Morgan fingerprint density at radius 2 is 0.574 bits per heavy atom. The van der Waals surface area contributed by atoms with Crippen LogP contribution >= 0.6 is 0 Å². The van der Waals surface area contributed by atoms with Gasteiger partial charge >= 0.3 is 0 Å². The van der Waals surface area contributed by atoms with Crippen LogP contribution < -0.4 is 9.80 Å². The van der Waals surface area contributed by atoms with Gasteiger partial charge in [-0.1, -0.05) is 282 Å². The maximum Gasteiger partial charge on any atom is 0.0731 e. The van der Waals surface area contributed by atoms with E-state index in [1.807, 2.05) is 0 Å². The van der Waals surface area contributed by atoms with Crippen LogP contribution in [-0.2, 0) is 17.3 Å². The van der Waals surface area contributed by atoms with Crippen molar-refractivity contribution in [2.45, 2.75) is 63.7 Å². The van der Waals surface area contributed by atoms with Crippen molar-refractivity contribution in [1.29, 1.82) is 0 Å². The molecule has 0 amide bonds. The molecule has 2 nitrogen and oxygen atoms in total. The van der Waals surface area contributed by atoms with Gasteiger partial charge in [0.05, 0.1) is 10.8 Å². The fourth-order valence-electron chi connectivity index (χ4n) is 20.2. The highest BCUT2D eigenvalue weighted by atomic mass is 15.1. The van der Waals surface area contributed by atoms with Gasteiger partial charge < -0.3 is 9.80 Å². The second-order valence-electron chi connectivity index (χ2n) is 31.4. The zero-order valence-corrected chi connectivity index (χ0v) is 61.2. The van der Waals surface area contributed by atoms with Crippen LogP contribution in [-0.4, -0.2) is 0 Å². The highest BCUT2D eigenvalue weighted by Gasteiger charge is 2.55. The minimum Gasteiger partial charge on any atom is -0.310 e. The van der Waals surface area contributed by atoms with E-state index in [-0.39, 0.29) is 0 Å². The van der Waals surface area contributed by atoms with Gasteiger partial charge in [-0.3, -0.25) is 0 Å². The summed E-state index contributed by atoms with van der Waals surface area (Å²) in [6, 6.07) is 133. The number of hydrogen-bond acceptors (Lipinski definition) is 2. The maximum absolute atomic E-state index is 2.57. The monoisotopic (exact) mass is 1380 g/mol. The third-order valence-corrected chi connectivity index (χ3v) is 25.0. The van der Waals surface area contributed by atoms with E-state index in [0.717, 1.165) is 40.5 Å². The van der Waals surface area contributed by atoms with Crippen LogP contribution in [0.25, 0.3) is 109 Å². The first kappa shape index (κ1) is 62.5. The molecule has 510 valence electrons. The molecule has 4 aliphatic rings. The van der Waals surface area contributed by atoms with E-state index >= 15 is 0 Å². The van der Waals surface area contributed by atoms with Crippen molar-refractivity contribution in [1.82, 2.24) is 0 Å². The number of nitrogens with zero attached hydrogens (tertiary/aromatic N) is 2. The zero-order valence-electron chi connectivity index (χ0n) is 61.2. The Morgan fingerprint density at radius 3 is 1.00 bits per heavy atom. The lowest BCUT2D eigenvalue weighted by Crippen LogP contribution is -2.26. The lowest BCUT2D eigenvalue weighted by atomic mass is 9.69. The van der Waals surface area contributed by atoms with Gasteiger partial charge in [0.2, 0.25) is 0 Å². The van der Waals surface area contributed by atoms with Crippen LogP contribution in [0.15, 0.2) is 346 Å². The molecule has 2 heteroatoms. The minimum absolute atomic E-state index is 0.439. The van der Waals surface area contributed by atoms with E-state index < -0.39 is 10.8 Å². The number of anilines is 6. The number of fused-ring (bicyclic) bond motifs is 32. The number of benzene rings is 18. The molecule has 0 aromatic heterocycles. The summed E-state index contributed by atoms with van der Waals surface area (Å²) in [6.45, 7) is 11.3. The molecule has 0 unspecified atom stereocenters. The second kappa shape index (κ2) is 23.6. The minimum atomic E-state index is -0.595. The molecule has 0 N–H and O–H groups in total. The van der Waals surface area contributed by atoms with Gasteiger partial charge in [-0.05, 0) is 298 Å². The fourth-order valence-corrected chi connectivity index (χ4v) is 20.2. The average Bonchev–Trinajstić information content (AvgIpc) is 1.50. The number of rotatable bonds is 10. The topological polar surface area (TPSA) is 6.48 Å². The standard InChI is InChI=1S/C106H76N2/c1-64(2)69-39-49-77(50-40-69)108(78-51-41-70(42-52-78)65(3)4)80-54-44-72-61-94-100(63-74(72)59-80)106(97-32-18-14-25-86(97)87-26-15-19-33-98(87)106)104-91-55-38-68(57-92(91)83-22-7-10-28-89(83)102(94)104)56-67-36-47-76(48-37-67)107(75-45-34-66(5)35-46-75)79-53-43-71-60-93-99(62-73(71)58-79)105(95-30-16-12-23-84(95)85-24-13-17-31-96(85)105)103-90-29-11-8-21-82(90)81-20-6-9-27-88(81)101(93)103/h6-55,57-65H,56H2,1-5H3. The first-order chi connectivity index (χ1) is 53.1. The zero-order chi connectivity index (χ0) is 71.8. The summed E-state index contributed by atoms with van der Waals surface area (Å²) in [5.74, 6) is 0.878. The molecule has 0 radical (unpaired) electrons. The predicted molar refractivity (Wildman–Crippen MR) is 456 cm³/mol. The molecule has 0 heterocycles. The molecule has 0 atom stereocenters. The van der Waals surface area contributed by atoms with Gasteiger partial charge in [0.1, 0.15) is 0 Å². The number of aryl methyl sites for hydroxylation is 1. The van der Waals surface area contributed by atoms with E-state index in [1.54, 1.807) is 0 Å². The van der Waals surface area contributed by atoms with Crippen LogP contribution in [0.5, 0.6) is 0 Å². The Bertz CT molecular complexity index is 6690. The van der Waals surface area contributed by atoms with Crippen molar-refractivity contribution >= 4 is 98.8 Å².